The maximum atomic E-state index is 12.2. The van der Waals surface area contributed by atoms with E-state index in [0.717, 1.165) is 12.1 Å². The molecule has 23 heavy (non-hydrogen) atoms. The molecule has 11 heteroatoms. The zero-order valence-corrected chi connectivity index (χ0v) is 12.8. The molecule has 1 aromatic carbocycles. The Kier molecular flexibility index (Phi) is 5.21. The van der Waals surface area contributed by atoms with Gasteiger partial charge in [-0.1, -0.05) is 0 Å². The summed E-state index contributed by atoms with van der Waals surface area (Å²) >= 11 is 3.10. The Morgan fingerprint density at radius 3 is 2.78 bits per heavy atom. The molecule has 1 aromatic heterocycles. The van der Waals surface area contributed by atoms with Gasteiger partial charge in [-0.15, -0.1) is 0 Å². The van der Waals surface area contributed by atoms with Gasteiger partial charge >= 0.3 is 0 Å². The third kappa shape index (κ3) is 4.45. The number of hydrogen-bond donors (Lipinski definition) is 2. The zero-order valence-electron chi connectivity index (χ0n) is 11.3. The van der Waals surface area contributed by atoms with Crippen molar-refractivity contribution in [1.29, 1.82) is 0 Å². The first-order chi connectivity index (χ1) is 10.9. The van der Waals surface area contributed by atoms with Gasteiger partial charge in [0.25, 0.3) is 18.0 Å². The third-order valence-electron chi connectivity index (χ3n) is 2.56. The van der Waals surface area contributed by atoms with Gasteiger partial charge in [0.2, 0.25) is 0 Å². The molecule has 0 bridgehead atoms. The number of rotatable bonds is 6. The molecule has 122 valence electrons. The first-order valence-electron chi connectivity index (χ1n) is 6.07. The normalized spacial score (nSPS) is 10.6. The highest BCUT2D eigenvalue weighted by molar-refractivity contribution is 9.10. The highest BCUT2D eigenvalue weighted by atomic mass is 79.9. The lowest BCUT2D eigenvalue weighted by Gasteiger charge is -2.09. The number of alkyl halides is 2. The average molecular weight is 391 g/mol. The number of nitrogens with zero attached hydrogens (tertiary/aromatic N) is 2. The number of H-pyrrole nitrogens is 1. The van der Waals surface area contributed by atoms with Crippen molar-refractivity contribution in [3.63, 3.8) is 0 Å². The van der Waals surface area contributed by atoms with Gasteiger partial charge < -0.3 is 10.1 Å². The number of nitrogens with one attached hydrogen (secondary N) is 2. The highest BCUT2D eigenvalue weighted by Gasteiger charge is 2.16. The van der Waals surface area contributed by atoms with Crippen molar-refractivity contribution in [1.82, 2.24) is 10.2 Å². The van der Waals surface area contributed by atoms with E-state index in [4.69, 9.17) is 4.74 Å². The first-order valence-corrected chi connectivity index (χ1v) is 6.86. The maximum absolute atomic E-state index is 12.2. The van der Waals surface area contributed by atoms with E-state index in [1.807, 2.05) is 0 Å². The van der Waals surface area contributed by atoms with Gasteiger partial charge in [0.15, 0.2) is 0 Å². The SMILES string of the molecule is O=C(Nc1cc(OCC(F)F)cc([N+](=O)[O-])c1)c1[nH]ncc1Br. The number of ether oxygens (including phenoxy) is 1. The molecule has 1 amide bonds. The van der Waals surface area contributed by atoms with E-state index in [1.54, 1.807) is 0 Å². The number of aromatic amines is 1. The second-order valence-electron chi connectivity index (χ2n) is 4.22. The Morgan fingerprint density at radius 1 is 1.48 bits per heavy atom. The van der Waals surface area contributed by atoms with Crippen LogP contribution >= 0.6 is 15.9 Å². The predicted molar refractivity (Wildman–Crippen MR) is 78.8 cm³/mol. The largest absolute Gasteiger partial charge is 0.487 e. The average Bonchev–Trinajstić information content (AvgIpc) is 2.91. The molecular formula is C12H9BrF2N4O4. The quantitative estimate of drug-likeness (QED) is 0.581. The van der Waals surface area contributed by atoms with Crippen LogP contribution in [0.15, 0.2) is 28.9 Å². The Morgan fingerprint density at radius 2 is 2.22 bits per heavy atom. The van der Waals surface area contributed by atoms with Gasteiger partial charge in [0.05, 0.1) is 27.3 Å². The fourth-order valence-electron chi connectivity index (χ4n) is 1.63. The van der Waals surface area contributed by atoms with Crippen LogP contribution in [0, 0.1) is 10.1 Å². The molecule has 2 rings (SSSR count). The van der Waals surface area contributed by atoms with Crippen molar-refractivity contribution < 1.29 is 23.2 Å². The standard InChI is InChI=1S/C12H9BrF2N4O4/c13-9-4-16-18-11(9)12(20)17-6-1-7(19(21)22)3-8(2-6)23-5-10(14)15/h1-4,10H,5H2,(H,16,18)(H,17,20). The number of anilines is 1. The zero-order chi connectivity index (χ0) is 17.0. The van der Waals surface area contributed by atoms with E-state index in [2.05, 4.69) is 31.4 Å². The van der Waals surface area contributed by atoms with Gasteiger partial charge in [-0.05, 0) is 15.9 Å². The van der Waals surface area contributed by atoms with Crippen molar-refractivity contribution in [2.45, 2.75) is 6.43 Å². The molecule has 0 radical (unpaired) electrons. The van der Waals surface area contributed by atoms with E-state index in [9.17, 15) is 23.7 Å². The van der Waals surface area contributed by atoms with Crippen LogP contribution in [-0.2, 0) is 0 Å². The summed E-state index contributed by atoms with van der Waals surface area (Å²) < 4.78 is 29.5. The fourth-order valence-corrected chi connectivity index (χ4v) is 2.00. The Balaban J connectivity index is 2.24. The second-order valence-corrected chi connectivity index (χ2v) is 5.08. The summed E-state index contributed by atoms with van der Waals surface area (Å²) in [5, 5.41) is 19.4. The van der Waals surface area contributed by atoms with E-state index in [1.165, 1.54) is 12.3 Å². The minimum absolute atomic E-state index is 0.0231. The summed E-state index contributed by atoms with van der Waals surface area (Å²) in [6.45, 7) is -0.916. The van der Waals surface area contributed by atoms with Crippen LogP contribution in [0.25, 0.3) is 0 Å². The van der Waals surface area contributed by atoms with Crippen LogP contribution in [0.2, 0.25) is 0 Å². The molecule has 8 nitrogen and oxygen atoms in total. The molecule has 0 aliphatic heterocycles. The van der Waals surface area contributed by atoms with Gasteiger partial charge in [0.1, 0.15) is 18.1 Å². The van der Waals surface area contributed by atoms with Crippen molar-refractivity contribution in [2.75, 3.05) is 11.9 Å². The Hall–Kier alpha value is -2.56. The molecule has 0 saturated carbocycles. The van der Waals surface area contributed by atoms with Crippen LogP contribution < -0.4 is 10.1 Å². The highest BCUT2D eigenvalue weighted by Crippen LogP contribution is 2.27. The molecule has 2 N–H and O–H groups in total. The van der Waals surface area contributed by atoms with E-state index in [0.29, 0.717) is 4.47 Å². The number of carbonyl (C=O) groups excluding carboxylic acids is 1. The molecule has 0 fully saturated rings. The van der Waals surface area contributed by atoms with Gasteiger partial charge in [-0.3, -0.25) is 20.0 Å². The van der Waals surface area contributed by atoms with Gasteiger partial charge in [-0.2, -0.15) is 5.10 Å². The molecule has 0 atom stereocenters. The number of hydrogen-bond acceptors (Lipinski definition) is 5. The van der Waals surface area contributed by atoms with Crippen LogP contribution in [-0.4, -0.2) is 34.1 Å². The van der Waals surface area contributed by atoms with Crippen molar-refractivity contribution >= 4 is 33.2 Å². The van der Waals surface area contributed by atoms with Crippen LogP contribution in [0.1, 0.15) is 10.5 Å². The van der Waals surface area contributed by atoms with E-state index in [-0.39, 0.29) is 17.1 Å². The lowest BCUT2D eigenvalue weighted by Crippen LogP contribution is -2.14. The summed E-state index contributed by atoms with van der Waals surface area (Å²) in [5.74, 6) is -0.770. The molecule has 0 unspecified atom stereocenters. The van der Waals surface area contributed by atoms with Gasteiger partial charge in [0, 0.05) is 12.1 Å². The number of halogens is 3. The van der Waals surface area contributed by atoms with Crippen LogP contribution in [0.5, 0.6) is 5.75 Å². The van der Waals surface area contributed by atoms with Crippen molar-refractivity contribution in [3.8, 4) is 5.75 Å². The Labute approximate surface area is 136 Å². The third-order valence-corrected chi connectivity index (χ3v) is 3.16. The summed E-state index contributed by atoms with van der Waals surface area (Å²) in [6, 6.07) is 3.28. The molecule has 0 saturated heterocycles. The summed E-state index contributed by atoms with van der Waals surface area (Å²) in [6.07, 6.45) is -1.37. The van der Waals surface area contributed by atoms with E-state index >= 15 is 0 Å². The number of carbonyl (C=O) groups is 1. The lowest BCUT2D eigenvalue weighted by molar-refractivity contribution is -0.384. The number of amides is 1. The van der Waals surface area contributed by atoms with Crippen molar-refractivity contribution in [3.05, 3.63) is 44.7 Å². The smallest absolute Gasteiger partial charge is 0.275 e. The maximum Gasteiger partial charge on any atom is 0.275 e. The van der Waals surface area contributed by atoms with Crippen LogP contribution in [0.3, 0.4) is 0 Å². The van der Waals surface area contributed by atoms with Crippen molar-refractivity contribution in [2.24, 2.45) is 0 Å². The molecule has 1 heterocycles. The Bertz CT molecular complexity index is 738. The number of aromatic nitrogens is 2. The molecule has 0 spiro atoms. The summed E-state index contributed by atoms with van der Waals surface area (Å²) in [4.78, 5) is 22.2. The first kappa shape index (κ1) is 16.8. The van der Waals surface area contributed by atoms with Gasteiger partial charge in [-0.25, -0.2) is 8.78 Å². The number of nitro benzene ring substituents is 1. The summed E-state index contributed by atoms with van der Waals surface area (Å²) in [7, 11) is 0. The molecule has 0 aliphatic carbocycles. The number of nitro groups is 1. The topological polar surface area (TPSA) is 110 Å². The number of non-ortho nitro benzene ring substituents is 1. The minimum Gasteiger partial charge on any atom is -0.487 e. The second kappa shape index (κ2) is 7.13. The lowest BCUT2D eigenvalue weighted by atomic mass is 10.2. The molecular weight excluding hydrogens is 382 g/mol. The molecule has 0 aliphatic rings. The molecule has 2 aromatic rings. The summed E-state index contributed by atoms with van der Waals surface area (Å²) in [5.41, 5.74) is -0.280. The van der Waals surface area contributed by atoms with Crippen LogP contribution in [0.4, 0.5) is 20.2 Å². The number of benzene rings is 1. The fraction of sp³-hybridized carbons (Fsp3) is 0.167. The predicted octanol–water partition coefficient (Wildman–Crippen LogP) is 2.98. The van der Waals surface area contributed by atoms with E-state index < -0.39 is 29.6 Å². The monoisotopic (exact) mass is 390 g/mol. The minimum atomic E-state index is -2.73.